The molecule has 1 saturated heterocycles. The maximum Gasteiger partial charge on any atom is 0.0103 e. The lowest BCUT2D eigenvalue weighted by atomic mass is 9.83. The minimum absolute atomic E-state index is 0.469. The number of rotatable bonds is 3. The summed E-state index contributed by atoms with van der Waals surface area (Å²) in [7, 11) is 0. The highest BCUT2D eigenvalue weighted by atomic mass is 15.2. The van der Waals surface area contributed by atoms with Gasteiger partial charge < -0.3 is 0 Å². The van der Waals surface area contributed by atoms with Crippen molar-refractivity contribution in [1.82, 2.24) is 4.90 Å². The Morgan fingerprint density at radius 3 is 2.25 bits per heavy atom. The quantitative estimate of drug-likeness (QED) is 0.691. The van der Waals surface area contributed by atoms with Gasteiger partial charge in [-0.1, -0.05) is 41.0 Å². The van der Waals surface area contributed by atoms with Gasteiger partial charge in [-0.2, -0.15) is 0 Å². The molecule has 2 atom stereocenters. The molecule has 0 amide bonds. The molecule has 1 rings (SSSR count). The fraction of sp³-hybridized carbons (Fsp3) is 1.00. The summed E-state index contributed by atoms with van der Waals surface area (Å²) in [5.41, 5.74) is 0.469. The molecule has 1 aliphatic rings. The van der Waals surface area contributed by atoms with E-state index in [2.05, 4.69) is 46.4 Å². The molecule has 1 fully saturated rings. The van der Waals surface area contributed by atoms with Crippen LogP contribution in [0.4, 0.5) is 0 Å². The topological polar surface area (TPSA) is 3.24 Å². The Hall–Kier alpha value is -0.0400. The molecule has 1 nitrogen and oxygen atoms in total. The summed E-state index contributed by atoms with van der Waals surface area (Å²) in [5, 5.41) is 0. The molecule has 0 aromatic carbocycles. The monoisotopic (exact) mass is 225 g/mol. The van der Waals surface area contributed by atoms with E-state index in [9.17, 15) is 0 Å². The van der Waals surface area contributed by atoms with Crippen LogP contribution in [0.1, 0.15) is 67.2 Å². The minimum Gasteiger partial charge on any atom is -0.297 e. The predicted octanol–water partition coefficient (Wildman–Crippen LogP) is 4.32. The Morgan fingerprint density at radius 1 is 1.12 bits per heavy atom. The van der Waals surface area contributed by atoms with Crippen molar-refractivity contribution in [1.29, 1.82) is 0 Å². The van der Waals surface area contributed by atoms with E-state index in [1.54, 1.807) is 0 Å². The highest BCUT2D eigenvalue weighted by Crippen LogP contribution is 2.31. The number of hydrogen-bond acceptors (Lipinski definition) is 1. The van der Waals surface area contributed by atoms with Gasteiger partial charge >= 0.3 is 0 Å². The summed E-state index contributed by atoms with van der Waals surface area (Å²) in [4.78, 5) is 2.78. The largest absolute Gasteiger partial charge is 0.297 e. The summed E-state index contributed by atoms with van der Waals surface area (Å²) in [6.45, 7) is 15.6. The van der Waals surface area contributed by atoms with E-state index in [-0.39, 0.29) is 0 Å². The first-order valence-corrected chi connectivity index (χ1v) is 7.07. The van der Waals surface area contributed by atoms with Crippen molar-refractivity contribution in [2.45, 2.75) is 79.3 Å². The smallest absolute Gasteiger partial charge is 0.0103 e. The van der Waals surface area contributed by atoms with E-state index in [1.807, 2.05) is 0 Å². The van der Waals surface area contributed by atoms with Crippen LogP contribution in [0.3, 0.4) is 0 Å². The molecule has 0 aromatic rings. The normalized spacial score (nSPS) is 26.1. The van der Waals surface area contributed by atoms with E-state index in [0.717, 1.165) is 18.0 Å². The van der Waals surface area contributed by atoms with E-state index >= 15 is 0 Å². The van der Waals surface area contributed by atoms with Crippen LogP contribution >= 0.6 is 0 Å². The third-order valence-electron chi connectivity index (χ3n) is 4.01. The molecule has 1 aliphatic heterocycles. The number of nitrogens with zero attached hydrogens (tertiary/aromatic N) is 1. The molecule has 0 radical (unpaired) electrons. The molecular weight excluding hydrogens is 194 g/mol. The lowest BCUT2D eigenvalue weighted by molar-refractivity contribution is 0.0547. The molecular formula is C15H31N. The van der Waals surface area contributed by atoms with Gasteiger partial charge in [0.1, 0.15) is 0 Å². The summed E-state index contributed by atoms with van der Waals surface area (Å²) in [6.07, 6.45) is 5.60. The van der Waals surface area contributed by atoms with Crippen LogP contribution in [-0.2, 0) is 0 Å². The fourth-order valence-corrected chi connectivity index (χ4v) is 2.87. The van der Waals surface area contributed by atoms with Crippen molar-refractivity contribution in [3.8, 4) is 0 Å². The molecule has 2 unspecified atom stereocenters. The molecule has 0 bridgehead atoms. The van der Waals surface area contributed by atoms with Gasteiger partial charge in [-0.05, 0) is 44.1 Å². The first-order chi connectivity index (χ1) is 7.31. The second kappa shape index (κ2) is 5.53. The third-order valence-corrected chi connectivity index (χ3v) is 4.01. The van der Waals surface area contributed by atoms with Gasteiger partial charge in [0.2, 0.25) is 0 Å². The van der Waals surface area contributed by atoms with Crippen molar-refractivity contribution in [2.24, 2.45) is 11.3 Å². The number of likely N-dealkylation sites (tertiary alicyclic amines) is 1. The highest BCUT2D eigenvalue weighted by molar-refractivity contribution is 4.85. The maximum absolute atomic E-state index is 2.78. The number of hydrogen-bond donors (Lipinski definition) is 0. The molecule has 0 spiro atoms. The van der Waals surface area contributed by atoms with Gasteiger partial charge in [0.05, 0.1) is 0 Å². The third kappa shape index (κ3) is 4.08. The molecule has 0 saturated carbocycles. The van der Waals surface area contributed by atoms with E-state index in [0.29, 0.717) is 5.41 Å². The molecule has 1 heterocycles. The molecule has 96 valence electrons. The summed E-state index contributed by atoms with van der Waals surface area (Å²) < 4.78 is 0. The van der Waals surface area contributed by atoms with Crippen LogP contribution in [0, 0.1) is 11.3 Å². The highest BCUT2D eigenvalue weighted by Gasteiger charge is 2.30. The standard InChI is InChI=1S/C15H31N/c1-12(2)13(3)16-10-8-7-9-14(16)11-15(4,5)6/h12-14H,7-11H2,1-6H3. The van der Waals surface area contributed by atoms with Crippen molar-refractivity contribution < 1.29 is 0 Å². The average molecular weight is 225 g/mol. The van der Waals surface area contributed by atoms with Gasteiger partial charge in [0, 0.05) is 12.1 Å². The zero-order valence-corrected chi connectivity index (χ0v) is 12.2. The molecule has 0 N–H and O–H groups in total. The van der Waals surface area contributed by atoms with Gasteiger partial charge in [-0.3, -0.25) is 4.90 Å². The Bertz CT molecular complexity index is 202. The van der Waals surface area contributed by atoms with Gasteiger partial charge in [-0.15, -0.1) is 0 Å². The summed E-state index contributed by atoms with van der Waals surface area (Å²) in [6, 6.07) is 1.57. The molecule has 1 heteroatoms. The van der Waals surface area contributed by atoms with Crippen LogP contribution in [0.5, 0.6) is 0 Å². The summed E-state index contributed by atoms with van der Waals surface area (Å²) in [5.74, 6) is 0.778. The predicted molar refractivity (Wildman–Crippen MR) is 72.7 cm³/mol. The maximum atomic E-state index is 2.78. The van der Waals surface area contributed by atoms with Gasteiger partial charge in [-0.25, -0.2) is 0 Å². The fourth-order valence-electron chi connectivity index (χ4n) is 2.87. The lowest BCUT2D eigenvalue weighted by Gasteiger charge is -2.44. The average Bonchev–Trinajstić information content (AvgIpc) is 2.15. The number of piperidine rings is 1. The first kappa shape index (κ1) is 14.0. The van der Waals surface area contributed by atoms with Crippen molar-refractivity contribution >= 4 is 0 Å². The van der Waals surface area contributed by atoms with Crippen molar-refractivity contribution in [3.05, 3.63) is 0 Å². The Labute approximate surface area is 103 Å². The van der Waals surface area contributed by atoms with Crippen LogP contribution < -0.4 is 0 Å². The molecule has 0 aromatic heterocycles. The second-order valence-electron chi connectivity index (χ2n) is 7.14. The summed E-state index contributed by atoms with van der Waals surface area (Å²) >= 11 is 0. The van der Waals surface area contributed by atoms with Crippen molar-refractivity contribution in [2.75, 3.05) is 6.54 Å². The van der Waals surface area contributed by atoms with E-state index < -0.39 is 0 Å². The zero-order valence-electron chi connectivity index (χ0n) is 12.2. The van der Waals surface area contributed by atoms with Crippen LogP contribution in [-0.4, -0.2) is 23.5 Å². The Kier molecular flexibility index (Phi) is 4.85. The Balaban J connectivity index is 2.64. The van der Waals surface area contributed by atoms with Gasteiger partial charge in [0.15, 0.2) is 0 Å². The Morgan fingerprint density at radius 2 is 1.75 bits per heavy atom. The van der Waals surface area contributed by atoms with Crippen molar-refractivity contribution in [3.63, 3.8) is 0 Å². The van der Waals surface area contributed by atoms with Crippen LogP contribution in [0.15, 0.2) is 0 Å². The minimum atomic E-state index is 0.469. The SMILES string of the molecule is CC(C)C(C)N1CCCCC1CC(C)(C)C. The van der Waals surface area contributed by atoms with E-state index in [1.165, 1.54) is 32.2 Å². The second-order valence-corrected chi connectivity index (χ2v) is 7.14. The van der Waals surface area contributed by atoms with Gasteiger partial charge in [0.25, 0.3) is 0 Å². The van der Waals surface area contributed by atoms with Crippen LogP contribution in [0.25, 0.3) is 0 Å². The van der Waals surface area contributed by atoms with E-state index in [4.69, 9.17) is 0 Å². The molecule has 0 aliphatic carbocycles. The van der Waals surface area contributed by atoms with Crippen LogP contribution in [0.2, 0.25) is 0 Å². The zero-order chi connectivity index (χ0) is 12.3. The lowest BCUT2D eigenvalue weighted by Crippen LogP contribution is -2.48. The molecule has 16 heavy (non-hydrogen) atoms. The first-order valence-electron chi connectivity index (χ1n) is 7.07.